The molecule has 3 nitrogen and oxygen atoms in total. The SMILES string of the molecule is CC/C(Br)=C1\c2cc3cnn(-c4ccc(F)cc4)c3cc2COc2ccccc21. The molecule has 0 aliphatic carbocycles. The Morgan fingerprint density at radius 1 is 1.10 bits per heavy atom. The normalized spacial score (nSPS) is 14.7. The molecule has 29 heavy (non-hydrogen) atoms. The average molecular weight is 449 g/mol. The standard InChI is InChI=1S/C24H18BrFN2O/c1-2-21(25)24-19-5-3-4-6-23(19)29-14-16-12-22-15(11-20(16)24)13-27-28(22)18-9-7-17(26)8-10-18/h3-13H,2,14H2,1H3/b24-21+. The molecule has 144 valence electrons. The molecule has 3 aromatic carbocycles. The van der Waals surface area contributed by atoms with E-state index in [1.807, 2.05) is 29.1 Å². The molecule has 0 radical (unpaired) electrons. The lowest BCUT2D eigenvalue weighted by Crippen LogP contribution is -2.00. The van der Waals surface area contributed by atoms with Crippen LogP contribution in [0.3, 0.4) is 0 Å². The van der Waals surface area contributed by atoms with Gasteiger partial charge in [0.25, 0.3) is 0 Å². The minimum atomic E-state index is -0.260. The third kappa shape index (κ3) is 3.06. The largest absolute Gasteiger partial charge is 0.488 e. The summed E-state index contributed by atoms with van der Waals surface area (Å²) in [6.07, 6.45) is 2.74. The number of fused-ring (bicyclic) bond motifs is 3. The van der Waals surface area contributed by atoms with Gasteiger partial charge < -0.3 is 4.74 Å². The first-order valence-corrected chi connectivity index (χ1v) is 10.3. The van der Waals surface area contributed by atoms with Gasteiger partial charge in [-0.15, -0.1) is 0 Å². The molecule has 1 aliphatic rings. The number of para-hydroxylation sites is 1. The number of rotatable bonds is 2. The molecule has 2 heterocycles. The van der Waals surface area contributed by atoms with Crippen molar-refractivity contribution >= 4 is 32.4 Å². The molecule has 5 heteroatoms. The maximum atomic E-state index is 13.3. The topological polar surface area (TPSA) is 27.1 Å². The first-order valence-electron chi connectivity index (χ1n) is 9.53. The van der Waals surface area contributed by atoms with Gasteiger partial charge in [0, 0.05) is 21.0 Å². The lowest BCUT2D eigenvalue weighted by Gasteiger charge is -2.13. The Morgan fingerprint density at radius 3 is 2.69 bits per heavy atom. The van der Waals surface area contributed by atoms with Crippen LogP contribution in [-0.2, 0) is 6.61 Å². The van der Waals surface area contributed by atoms with Crippen LogP contribution in [0, 0.1) is 5.82 Å². The molecular weight excluding hydrogens is 431 g/mol. The Labute approximate surface area is 176 Å². The van der Waals surface area contributed by atoms with Crippen LogP contribution >= 0.6 is 15.9 Å². The molecular formula is C24H18BrFN2O. The van der Waals surface area contributed by atoms with Gasteiger partial charge in [0.2, 0.25) is 0 Å². The highest BCUT2D eigenvalue weighted by Crippen LogP contribution is 2.42. The van der Waals surface area contributed by atoms with Crippen LogP contribution in [-0.4, -0.2) is 9.78 Å². The van der Waals surface area contributed by atoms with E-state index in [2.05, 4.69) is 46.2 Å². The highest BCUT2D eigenvalue weighted by atomic mass is 79.9. The summed E-state index contributed by atoms with van der Waals surface area (Å²) in [6, 6.07) is 18.8. The number of hydrogen-bond acceptors (Lipinski definition) is 2. The van der Waals surface area contributed by atoms with Crippen LogP contribution in [0.4, 0.5) is 4.39 Å². The van der Waals surface area contributed by atoms with Gasteiger partial charge in [-0.1, -0.05) is 41.1 Å². The van der Waals surface area contributed by atoms with Crippen molar-refractivity contribution in [3.63, 3.8) is 0 Å². The van der Waals surface area contributed by atoms with E-state index in [4.69, 9.17) is 4.74 Å². The summed E-state index contributed by atoms with van der Waals surface area (Å²) in [5.41, 5.74) is 6.28. The number of ether oxygens (including phenoxy) is 1. The second-order valence-corrected chi connectivity index (χ2v) is 7.98. The molecule has 0 saturated carbocycles. The van der Waals surface area contributed by atoms with Gasteiger partial charge in [0.15, 0.2) is 0 Å². The minimum absolute atomic E-state index is 0.260. The number of nitrogens with zero attached hydrogens (tertiary/aromatic N) is 2. The molecule has 1 aliphatic heterocycles. The van der Waals surface area contributed by atoms with Crippen molar-refractivity contribution in [3.8, 4) is 11.4 Å². The van der Waals surface area contributed by atoms with Crippen LogP contribution in [0.15, 0.2) is 71.3 Å². The van der Waals surface area contributed by atoms with Crippen molar-refractivity contribution in [2.75, 3.05) is 0 Å². The molecule has 0 spiro atoms. The fourth-order valence-corrected chi connectivity index (χ4v) is 4.25. The highest BCUT2D eigenvalue weighted by molar-refractivity contribution is 9.11. The first kappa shape index (κ1) is 18.1. The number of hydrogen-bond donors (Lipinski definition) is 0. The van der Waals surface area contributed by atoms with Crippen molar-refractivity contribution in [2.24, 2.45) is 0 Å². The molecule has 1 aromatic heterocycles. The Kier molecular flexibility index (Phi) is 4.47. The van der Waals surface area contributed by atoms with Crippen molar-refractivity contribution in [2.45, 2.75) is 20.0 Å². The summed E-state index contributed by atoms with van der Waals surface area (Å²) in [5, 5.41) is 5.58. The number of allylic oxidation sites excluding steroid dienone is 1. The lowest BCUT2D eigenvalue weighted by atomic mass is 9.92. The van der Waals surface area contributed by atoms with Gasteiger partial charge in [-0.05, 0) is 60.0 Å². The number of benzene rings is 3. The Bertz CT molecular complexity index is 1260. The molecule has 0 bridgehead atoms. The second-order valence-electron chi connectivity index (χ2n) is 7.02. The molecule has 0 fully saturated rings. The monoisotopic (exact) mass is 448 g/mol. The fraction of sp³-hybridized carbons (Fsp3) is 0.125. The van der Waals surface area contributed by atoms with E-state index in [0.717, 1.165) is 55.5 Å². The maximum Gasteiger partial charge on any atom is 0.127 e. The Hall–Kier alpha value is -2.92. The zero-order chi connectivity index (χ0) is 20.0. The second kappa shape index (κ2) is 7.16. The first-order chi connectivity index (χ1) is 14.2. The quantitative estimate of drug-likeness (QED) is 0.344. The van der Waals surface area contributed by atoms with E-state index < -0.39 is 0 Å². The van der Waals surface area contributed by atoms with E-state index in [1.165, 1.54) is 12.1 Å². The highest BCUT2D eigenvalue weighted by Gasteiger charge is 2.22. The van der Waals surface area contributed by atoms with Crippen LogP contribution in [0.5, 0.6) is 5.75 Å². The van der Waals surface area contributed by atoms with Gasteiger partial charge >= 0.3 is 0 Å². The van der Waals surface area contributed by atoms with Gasteiger partial charge in [-0.25, -0.2) is 9.07 Å². The maximum absolute atomic E-state index is 13.3. The lowest BCUT2D eigenvalue weighted by molar-refractivity contribution is 0.307. The van der Waals surface area contributed by atoms with E-state index in [1.54, 1.807) is 12.1 Å². The van der Waals surface area contributed by atoms with Crippen LogP contribution < -0.4 is 4.74 Å². The van der Waals surface area contributed by atoms with E-state index in [9.17, 15) is 4.39 Å². The van der Waals surface area contributed by atoms with Gasteiger partial charge in [0.05, 0.1) is 17.4 Å². The van der Waals surface area contributed by atoms with Crippen molar-refractivity contribution < 1.29 is 9.13 Å². The zero-order valence-corrected chi connectivity index (χ0v) is 17.4. The molecule has 0 unspecified atom stereocenters. The summed E-state index contributed by atoms with van der Waals surface area (Å²) in [6.45, 7) is 2.61. The average Bonchev–Trinajstić information content (AvgIpc) is 3.08. The van der Waals surface area contributed by atoms with Crippen molar-refractivity contribution in [1.82, 2.24) is 9.78 Å². The van der Waals surface area contributed by atoms with Crippen molar-refractivity contribution in [3.05, 3.63) is 93.9 Å². The Balaban J connectivity index is 1.74. The fourth-order valence-electron chi connectivity index (χ4n) is 3.83. The van der Waals surface area contributed by atoms with Crippen LogP contribution in [0.2, 0.25) is 0 Å². The Morgan fingerprint density at radius 2 is 1.90 bits per heavy atom. The molecule has 5 rings (SSSR count). The number of aromatic nitrogens is 2. The molecule has 0 atom stereocenters. The third-order valence-corrected chi connectivity index (χ3v) is 6.21. The molecule has 0 N–H and O–H groups in total. The predicted molar refractivity (Wildman–Crippen MR) is 117 cm³/mol. The molecule has 0 saturated heterocycles. The smallest absolute Gasteiger partial charge is 0.127 e. The summed E-state index contributed by atoms with van der Waals surface area (Å²) >= 11 is 3.79. The summed E-state index contributed by atoms with van der Waals surface area (Å²) in [7, 11) is 0. The molecule has 4 aromatic rings. The third-order valence-electron chi connectivity index (χ3n) is 5.25. The van der Waals surface area contributed by atoms with Crippen LogP contribution in [0.1, 0.15) is 30.0 Å². The van der Waals surface area contributed by atoms with Gasteiger partial charge in [0.1, 0.15) is 18.2 Å². The zero-order valence-electron chi connectivity index (χ0n) is 15.8. The molecule has 0 amide bonds. The number of halogens is 2. The van der Waals surface area contributed by atoms with Crippen molar-refractivity contribution in [1.29, 1.82) is 0 Å². The minimum Gasteiger partial charge on any atom is -0.488 e. The van der Waals surface area contributed by atoms with Gasteiger partial charge in [-0.3, -0.25) is 0 Å². The van der Waals surface area contributed by atoms with E-state index in [-0.39, 0.29) is 5.82 Å². The van der Waals surface area contributed by atoms with Crippen LogP contribution in [0.25, 0.3) is 22.2 Å². The van der Waals surface area contributed by atoms with E-state index in [0.29, 0.717) is 6.61 Å². The van der Waals surface area contributed by atoms with E-state index >= 15 is 0 Å². The van der Waals surface area contributed by atoms with Gasteiger partial charge in [-0.2, -0.15) is 5.10 Å². The predicted octanol–water partition coefficient (Wildman–Crippen LogP) is 6.62. The summed E-state index contributed by atoms with van der Waals surface area (Å²) in [4.78, 5) is 0. The summed E-state index contributed by atoms with van der Waals surface area (Å²) in [5.74, 6) is 0.623. The summed E-state index contributed by atoms with van der Waals surface area (Å²) < 4.78 is 22.5.